The number of amides is 3. The minimum atomic E-state index is -1.17. The molecular formula is C35H48FN3O8. The number of nitrogens with zero attached hydrogens (tertiary/aromatic N) is 1. The summed E-state index contributed by atoms with van der Waals surface area (Å²) in [4.78, 5) is 53.6. The molecule has 3 atom stereocenters. The molecule has 1 aromatic carbocycles. The molecule has 1 saturated heterocycles. The number of alkyl carbamates (subject to hydrolysis) is 1. The summed E-state index contributed by atoms with van der Waals surface area (Å²) in [5.41, 5.74) is 0.208. The Bertz CT molecular complexity index is 1440. The first-order chi connectivity index (χ1) is 22.4. The summed E-state index contributed by atoms with van der Waals surface area (Å²) in [6, 6.07) is 5.06. The summed E-state index contributed by atoms with van der Waals surface area (Å²) in [7, 11) is 1.73. The minimum absolute atomic E-state index is 0.00156. The lowest BCUT2D eigenvalue weighted by Gasteiger charge is -2.38. The van der Waals surface area contributed by atoms with Gasteiger partial charge in [-0.05, 0) is 121 Å². The first kappa shape index (κ1) is 34.7. The van der Waals surface area contributed by atoms with E-state index in [0.717, 1.165) is 32.1 Å². The van der Waals surface area contributed by atoms with Crippen LogP contribution in [0.5, 0.6) is 0 Å². The maximum Gasteiger partial charge on any atom is 0.407 e. The molecule has 12 heteroatoms. The molecule has 2 aliphatic carbocycles. The lowest BCUT2D eigenvalue weighted by molar-refractivity contribution is -0.142. The zero-order valence-corrected chi connectivity index (χ0v) is 27.8. The third-order valence-electron chi connectivity index (χ3n) is 10.2. The van der Waals surface area contributed by atoms with Gasteiger partial charge >= 0.3 is 12.1 Å². The number of carboxylic acid groups (broad SMARTS) is 1. The molecule has 3 aliphatic rings. The van der Waals surface area contributed by atoms with E-state index in [2.05, 4.69) is 10.6 Å². The van der Waals surface area contributed by atoms with E-state index < -0.39 is 36.4 Å². The highest BCUT2D eigenvalue weighted by molar-refractivity contribution is 6.00. The monoisotopic (exact) mass is 657 g/mol. The van der Waals surface area contributed by atoms with Crippen molar-refractivity contribution in [3.63, 3.8) is 0 Å². The van der Waals surface area contributed by atoms with Gasteiger partial charge in [-0.15, -0.1) is 0 Å². The Hall–Kier alpha value is -3.67. The smallest absolute Gasteiger partial charge is 0.407 e. The van der Waals surface area contributed by atoms with E-state index in [1.54, 1.807) is 51.0 Å². The zero-order valence-electron chi connectivity index (χ0n) is 27.8. The number of anilines is 1. The Morgan fingerprint density at radius 3 is 2.34 bits per heavy atom. The Morgan fingerprint density at radius 2 is 1.72 bits per heavy atom. The summed E-state index contributed by atoms with van der Waals surface area (Å²) < 4.78 is 30.3. The Labute approximate surface area is 274 Å². The number of benzene rings is 1. The van der Waals surface area contributed by atoms with Gasteiger partial charge in [0.1, 0.15) is 23.9 Å². The van der Waals surface area contributed by atoms with Gasteiger partial charge in [0.2, 0.25) is 17.6 Å². The molecule has 2 aromatic rings. The first-order valence-electron chi connectivity index (χ1n) is 16.8. The van der Waals surface area contributed by atoms with E-state index in [1.807, 2.05) is 0 Å². The first-order valence-corrected chi connectivity index (χ1v) is 16.8. The molecule has 0 unspecified atom stereocenters. The van der Waals surface area contributed by atoms with Gasteiger partial charge in [0.25, 0.3) is 0 Å². The maximum absolute atomic E-state index is 14.1. The van der Waals surface area contributed by atoms with Crippen molar-refractivity contribution in [2.24, 2.45) is 23.7 Å². The van der Waals surface area contributed by atoms with E-state index >= 15 is 0 Å². The fraction of sp³-hybridized carbons (Fsp3) is 0.657. The standard InChI is InChI=1S/C35H48FN3O8/c1-35(2,3)47-34(44)38-27(19-36)21-5-7-22(8-6-21)32(41)39-16-15-26(20-9-12-25(45-4)13-10-20)30(39)31(40)37-24-11-14-28-23(17-24)18-29(46-28)33(42)43/h11,14,17-18,20-22,25-27,30H,5-10,12-13,15-16,19H2,1-4H3,(H,37,40)(H,38,44)(H,42,43)/t20?,21?,22?,25?,26-,27+,30+/m0/s1. The lowest BCUT2D eigenvalue weighted by Crippen LogP contribution is -2.50. The van der Waals surface area contributed by atoms with Crippen LogP contribution in [0.3, 0.4) is 0 Å². The molecule has 0 radical (unpaired) electrons. The second-order valence-corrected chi connectivity index (χ2v) is 14.4. The van der Waals surface area contributed by atoms with Crippen LogP contribution in [0.15, 0.2) is 28.7 Å². The van der Waals surface area contributed by atoms with Crippen molar-refractivity contribution in [3.05, 3.63) is 30.0 Å². The number of ether oxygens (including phenoxy) is 2. The predicted octanol–water partition coefficient (Wildman–Crippen LogP) is 6.16. The maximum atomic E-state index is 14.1. The van der Waals surface area contributed by atoms with Crippen molar-refractivity contribution in [1.29, 1.82) is 0 Å². The number of nitrogens with one attached hydrogen (secondary N) is 2. The molecular weight excluding hydrogens is 609 g/mol. The van der Waals surface area contributed by atoms with Crippen molar-refractivity contribution in [2.75, 3.05) is 25.6 Å². The number of hydrogen-bond acceptors (Lipinski definition) is 7. The van der Waals surface area contributed by atoms with Gasteiger partial charge in [-0.1, -0.05) is 0 Å². The van der Waals surface area contributed by atoms with Crippen LogP contribution < -0.4 is 10.6 Å². The normalized spacial score (nSPS) is 27.3. The number of methoxy groups -OCH3 is 1. The number of rotatable bonds is 9. The Kier molecular flexibility index (Phi) is 10.8. The highest BCUT2D eigenvalue weighted by Crippen LogP contribution is 2.42. The summed E-state index contributed by atoms with van der Waals surface area (Å²) in [6.45, 7) is 5.03. The summed E-state index contributed by atoms with van der Waals surface area (Å²) in [5, 5.41) is 15.5. The molecule has 47 heavy (non-hydrogen) atoms. The third-order valence-corrected chi connectivity index (χ3v) is 10.2. The van der Waals surface area contributed by atoms with Crippen LogP contribution in [0.1, 0.15) is 89.1 Å². The molecule has 0 spiro atoms. The van der Waals surface area contributed by atoms with Gasteiger partial charge in [-0.2, -0.15) is 0 Å². The van der Waals surface area contributed by atoms with Crippen LogP contribution in [0.25, 0.3) is 11.0 Å². The number of furan rings is 1. The Balaban J connectivity index is 1.28. The number of alkyl halides is 1. The number of aromatic carboxylic acids is 1. The summed E-state index contributed by atoms with van der Waals surface area (Å²) >= 11 is 0. The van der Waals surface area contributed by atoms with Crippen LogP contribution >= 0.6 is 0 Å². The van der Waals surface area contributed by atoms with Crippen LogP contribution in [0.2, 0.25) is 0 Å². The number of likely N-dealkylation sites (tertiary alicyclic amines) is 1. The molecule has 1 aliphatic heterocycles. The highest BCUT2D eigenvalue weighted by atomic mass is 19.1. The molecule has 3 amide bonds. The quantitative estimate of drug-likeness (QED) is 0.291. The molecule has 11 nitrogen and oxygen atoms in total. The minimum Gasteiger partial charge on any atom is -0.475 e. The molecule has 2 heterocycles. The van der Waals surface area contributed by atoms with E-state index in [0.29, 0.717) is 48.9 Å². The van der Waals surface area contributed by atoms with Crippen LogP contribution in [0.4, 0.5) is 14.9 Å². The van der Waals surface area contributed by atoms with E-state index in [-0.39, 0.29) is 47.4 Å². The molecule has 5 rings (SSSR count). The summed E-state index contributed by atoms with van der Waals surface area (Å²) in [5.74, 6) is -1.79. The second-order valence-electron chi connectivity index (χ2n) is 14.4. The molecule has 258 valence electrons. The van der Waals surface area contributed by atoms with E-state index in [9.17, 15) is 28.7 Å². The zero-order chi connectivity index (χ0) is 33.9. The van der Waals surface area contributed by atoms with Crippen LogP contribution in [0, 0.1) is 23.7 Å². The third kappa shape index (κ3) is 8.25. The van der Waals surface area contributed by atoms with Crippen molar-refractivity contribution < 1.29 is 42.6 Å². The fourth-order valence-corrected chi connectivity index (χ4v) is 7.83. The van der Waals surface area contributed by atoms with Gasteiger partial charge in [0, 0.05) is 30.6 Å². The van der Waals surface area contributed by atoms with Gasteiger partial charge in [-0.3, -0.25) is 9.59 Å². The Morgan fingerprint density at radius 1 is 1.02 bits per heavy atom. The fourth-order valence-electron chi connectivity index (χ4n) is 7.83. The van der Waals surface area contributed by atoms with Crippen LogP contribution in [-0.4, -0.2) is 78.0 Å². The van der Waals surface area contributed by atoms with E-state index in [1.165, 1.54) is 6.07 Å². The molecule has 3 fully saturated rings. The molecule has 0 bridgehead atoms. The largest absolute Gasteiger partial charge is 0.475 e. The summed E-state index contributed by atoms with van der Waals surface area (Å²) in [6.07, 6.45) is 6.24. The number of carbonyl (C=O) groups excluding carboxylic acids is 3. The average molecular weight is 658 g/mol. The molecule has 1 aromatic heterocycles. The van der Waals surface area contributed by atoms with Crippen molar-refractivity contribution >= 4 is 40.5 Å². The average Bonchev–Trinajstić information content (AvgIpc) is 3.68. The SMILES string of the molecule is COC1CCC([C@@H]2CCN(C(=O)C3CCC([C@@H](CF)NC(=O)OC(C)(C)C)CC3)[C@H]2C(=O)Nc2ccc3oc(C(=O)O)cc3c2)CC1. The van der Waals surface area contributed by atoms with Crippen molar-refractivity contribution in [2.45, 2.75) is 102 Å². The number of hydrogen-bond donors (Lipinski definition) is 3. The highest BCUT2D eigenvalue weighted by Gasteiger charge is 2.47. The van der Waals surface area contributed by atoms with E-state index in [4.69, 9.17) is 13.9 Å². The second kappa shape index (κ2) is 14.6. The predicted molar refractivity (Wildman–Crippen MR) is 173 cm³/mol. The van der Waals surface area contributed by atoms with Crippen molar-refractivity contribution in [1.82, 2.24) is 10.2 Å². The van der Waals surface area contributed by atoms with Gasteiger partial charge in [-0.25, -0.2) is 14.0 Å². The van der Waals surface area contributed by atoms with Gasteiger partial charge in [0.05, 0.1) is 12.1 Å². The number of halogens is 1. The van der Waals surface area contributed by atoms with Crippen LogP contribution in [-0.2, 0) is 19.1 Å². The number of carbonyl (C=O) groups is 4. The number of fused-ring (bicyclic) bond motifs is 1. The molecule has 3 N–H and O–H groups in total. The van der Waals surface area contributed by atoms with Crippen molar-refractivity contribution in [3.8, 4) is 0 Å². The molecule has 2 saturated carbocycles. The van der Waals surface area contributed by atoms with Gasteiger partial charge in [0.15, 0.2) is 0 Å². The van der Waals surface area contributed by atoms with Gasteiger partial charge < -0.3 is 34.5 Å². The number of carboxylic acids is 1. The topological polar surface area (TPSA) is 147 Å². The lowest BCUT2D eigenvalue weighted by atomic mass is 9.75.